The van der Waals surface area contributed by atoms with E-state index in [1.807, 2.05) is 13.0 Å². The molecule has 0 bridgehead atoms. The first-order valence-corrected chi connectivity index (χ1v) is 5.80. The molecule has 0 aromatic carbocycles. The molecule has 2 heterocycles. The van der Waals surface area contributed by atoms with Crippen molar-refractivity contribution in [3.8, 4) is 0 Å². The van der Waals surface area contributed by atoms with Crippen LogP contribution in [0.25, 0.3) is 0 Å². The SMILES string of the molecule is Cc1ccn(Cc2nc(Cl)ccc2Cl)c(=O)c1. The molecule has 0 atom stereocenters. The van der Waals surface area contributed by atoms with Crippen LogP contribution in [-0.2, 0) is 6.54 Å². The molecule has 0 aliphatic carbocycles. The van der Waals surface area contributed by atoms with Crippen LogP contribution in [0.15, 0.2) is 35.3 Å². The minimum atomic E-state index is -0.0807. The van der Waals surface area contributed by atoms with E-state index in [2.05, 4.69) is 4.98 Å². The Labute approximate surface area is 109 Å². The number of nitrogens with zero attached hydrogens (tertiary/aromatic N) is 2. The fourth-order valence-corrected chi connectivity index (χ4v) is 1.80. The quantitative estimate of drug-likeness (QED) is 0.786. The summed E-state index contributed by atoms with van der Waals surface area (Å²) in [6.45, 7) is 2.19. The zero-order valence-corrected chi connectivity index (χ0v) is 10.7. The lowest BCUT2D eigenvalue weighted by Gasteiger charge is -2.07. The Morgan fingerprint density at radius 2 is 2.06 bits per heavy atom. The van der Waals surface area contributed by atoms with Gasteiger partial charge in [0.2, 0.25) is 0 Å². The summed E-state index contributed by atoms with van der Waals surface area (Å²) in [7, 11) is 0. The first-order chi connectivity index (χ1) is 8.06. The van der Waals surface area contributed by atoms with Gasteiger partial charge in [0.05, 0.1) is 17.3 Å². The third kappa shape index (κ3) is 2.87. The number of aryl methyl sites for hydroxylation is 1. The van der Waals surface area contributed by atoms with E-state index in [-0.39, 0.29) is 5.56 Å². The van der Waals surface area contributed by atoms with Gasteiger partial charge in [-0.25, -0.2) is 4.98 Å². The fraction of sp³-hybridized carbons (Fsp3) is 0.167. The minimum absolute atomic E-state index is 0.0807. The summed E-state index contributed by atoms with van der Waals surface area (Å²) in [5.41, 5.74) is 1.43. The molecule has 2 aromatic rings. The molecule has 0 radical (unpaired) electrons. The van der Waals surface area contributed by atoms with Crippen LogP contribution in [0, 0.1) is 6.92 Å². The third-order valence-corrected chi connectivity index (χ3v) is 2.91. The highest BCUT2D eigenvalue weighted by Gasteiger charge is 2.05. The van der Waals surface area contributed by atoms with Gasteiger partial charge in [-0.15, -0.1) is 0 Å². The first kappa shape index (κ1) is 12.1. The average molecular weight is 269 g/mol. The molecule has 0 N–H and O–H groups in total. The zero-order chi connectivity index (χ0) is 12.4. The number of pyridine rings is 2. The standard InChI is InChI=1S/C12H10Cl2N2O/c1-8-4-5-16(12(17)6-8)7-10-9(13)2-3-11(14)15-10/h2-6H,7H2,1H3. The average Bonchev–Trinajstić information content (AvgIpc) is 2.27. The van der Waals surface area contributed by atoms with Gasteiger partial charge >= 0.3 is 0 Å². The Morgan fingerprint density at radius 1 is 1.29 bits per heavy atom. The summed E-state index contributed by atoms with van der Waals surface area (Å²) < 4.78 is 1.54. The van der Waals surface area contributed by atoms with Crippen molar-refractivity contribution < 1.29 is 0 Å². The molecule has 2 aromatic heterocycles. The second-order valence-electron chi connectivity index (χ2n) is 3.73. The highest BCUT2D eigenvalue weighted by atomic mass is 35.5. The van der Waals surface area contributed by atoms with Gasteiger partial charge in [0, 0.05) is 12.3 Å². The van der Waals surface area contributed by atoms with E-state index < -0.39 is 0 Å². The van der Waals surface area contributed by atoms with Crippen molar-refractivity contribution in [1.29, 1.82) is 0 Å². The van der Waals surface area contributed by atoms with Crippen LogP contribution in [0.3, 0.4) is 0 Å². The van der Waals surface area contributed by atoms with Gasteiger partial charge in [-0.1, -0.05) is 23.2 Å². The van der Waals surface area contributed by atoms with Crippen LogP contribution in [-0.4, -0.2) is 9.55 Å². The van der Waals surface area contributed by atoms with Gasteiger partial charge in [-0.05, 0) is 30.7 Å². The predicted octanol–water partition coefficient (Wildman–Crippen LogP) is 2.91. The Morgan fingerprint density at radius 3 is 2.76 bits per heavy atom. The largest absolute Gasteiger partial charge is 0.309 e. The molecule has 0 amide bonds. The van der Waals surface area contributed by atoms with Gasteiger partial charge in [0.15, 0.2) is 0 Å². The molecule has 0 fully saturated rings. The number of rotatable bonds is 2. The molecule has 0 saturated heterocycles. The van der Waals surface area contributed by atoms with Crippen molar-refractivity contribution in [2.45, 2.75) is 13.5 Å². The summed E-state index contributed by atoms with van der Waals surface area (Å²) in [5.74, 6) is 0. The molecular weight excluding hydrogens is 259 g/mol. The van der Waals surface area contributed by atoms with Crippen molar-refractivity contribution in [3.63, 3.8) is 0 Å². The number of hydrogen-bond acceptors (Lipinski definition) is 2. The first-order valence-electron chi connectivity index (χ1n) is 5.04. The second kappa shape index (κ2) is 4.90. The zero-order valence-electron chi connectivity index (χ0n) is 9.15. The molecule has 0 unspecified atom stereocenters. The normalized spacial score (nSPS) is 10.5. The summed E-state index contributed by atoms with van der Waals surface area (Å²) in [6, 6.07) is 6.72. The molecule has 5 heteroatoms. The number of halogens is 2. The van der Waals surface area contributed by atoms with E-state index in [1.54, 1.807) is 24.4 Å². The number of hydrogen-bond donors (Lipinski definition) is 0. The fourth-order valence-electron chi connectivity index (χ4n) is 1.47. The molecule has 17 heavy (non-hydrogen) atoms. The van der Waals surface area contributed by atoms with E-state index in [9.17, 15) is 4.79 Å². The van der Waals surface area contributed by atoms with E-state index in [4.69, 9.17) is 23.2 Å². The Bertz CT molecular complexity index is 608. The Kier molecular flexibility index (Phi) is 3.50. The van der Waals surface area contributed by atoms with E-state index in [0.29, 0.717) is 22.4 Å². The minimum Gasteiger partial charge on any atom is -0.309 e. The highest BCUT2D eigenvalue weighted by molar-refractivity contribution is 6.32. The monoisotopic (exact) mass is 268 g/mol. The maximum Gasteiger partial charge on any atom is 0.251 e. The van der Waals surface area contributed by atoms with Crippen molar-refractivity contribution in [2.75, 3.05) is 0 Å². The van der Waals surface area contributed by atoms with Crippen LogP contribution in [0.1, 0.15) is 11.3 Å². The van der Waals surface area contributed by atoms with E-state index >= 15 is 0 Å². The second-order valence-corrected chi connectivity index (χ2v) is 4.53. The topological polar surface area (TPSA) is 34.9 Å². The van der Waals surface area contributed by atoms with E-state index in [1.165, 1.54) is 4.57 Å². The van der Waals surface area contributed by atoms with Crippen LogP contribution in [0.5, 0.6) is 0 Å². The highest BCUT2D eigenvalue weighted by Crippen LogP contribution is 2.17. The van der Waals surface area contributed by atoms with Gasteiger partial charge < -0.3 is 4.57 Å². The summed E-state index contributed by atoms with van der Waals surface area (Å²) in [5, 5.41) is 0.867. The Hall–Kier alpha value is -1.32. The van der Waals surface area contributed by atoms with Crippen molar-refractivity contribution in [3.05, 3.63) is 62.2 Å². The predicted molar refractivity (Wildman–Crippen MR) is 68.8 cm³/mol. The lowest BCUT2D eigenvalue weighted by Crippen LogP contribution is -2.20. The summed E-state index contributed by atoms with van der Waals surface area (Å²) in [6.07, 6.45) is 1.72. The maximum absolute atomic E-state index is 11.7. The lowest BCUT2D eigenvalue weighted by molar-refractivity contribution is 0.738. The molecule has 2 rings (SSSR count). The van der Waals surface area contributed by atoms with Crippen LogP contribution < -0.4 is 5.56 Å². The summed E-state index contributed by atoms with van der Waals surface area (Å²) >= 11 is 11.8. The molecule has 88 valence electrons. The molecule has 0 saturated carbocycles. The van der Waals surface area contributed by atoms with E-state index in [0.717, 1.165) is 5.56 Å². The molecule has 0 aliphatic heterocycles. The van der Waals surface area contributed by atoms with Gasteiger partial charge in [-0.3, -0.25) is 4.79 Å². The third-order valence-electron chi connectivity index (χ3n) is 2.36. The van der Waals surface area contributed by atoms with Gasteiger partial charge in [0.25, 0.3) is 5.56 Å². The van der Waals surface area contributed by atoms with Crippen LogP contribution in [0.2, 0.25) is 10.2 Å². The maximum atomic E-state index is 11.7. The smallest absolute Gasteiger partial charge is 0.251 e. The molecular formula is C12H10Cl2N2O. The molecule has 0 aliphatic rings. The van der Waals surface area contributed by atoms with Crippen molar-refractivity contribution in [2.24, 2.45) is 0 Å². The van der Waals surface area contributed by atoms with Crippen LogP contribution in [0.4, 0.5) is 0 Å². The molecule has 3 nitrogen and oxygen atoms in total. The van der Waals surface area contributed by atoms with Crippen LogP contribution >= 0.6 is 23.2 Å². The summed E-state index contributed by atoms with van der Waals surface area (Å²) in [4.78, 5) is 15.8. The van der Waals surface area contributed by atoms with Crippen molar-refractivity contribution in [1.82, 2.24) is 9.55 Å². The lowest BCUT2D eigenvalue weighted by atomic mass is 10.3. The van der Waals surface area contributed by atoms with Gasteiger partial charge in [-0.2, -0.15) is 0 Å². The Balaban J connectivity index is 2.38. The molecule has 0 spiro atoms. The number of aromatic nitrogens is 2. The van der Waals surface area contributed by atoms with Gasteiger partial charge in [0.1, 0.15) is 5.15 Å². The van der Waals surface area contributed by atoms with Crippen molar-refractivity contribution >= 4 is 23.2 Å².